The lowest BCUT2D eigenvalue weighted by molar-refractivity contribution is -0.137. The maximum Gasteiger partial charge on any atom is 0.302 e. The number of carbonyl (C=O) groups excluding carboxylic acids is 1. The summed E-state index contributed by atoms with van der Waals surface area (Å²) < 4.78 is 4.11. The number of hydrogen-bond acceptors (Lipinski definition) is 2. The fourth-order valence-corrected chi connectivity index (χ4v) is 0. The Morgan fingerprint density at radius 1 is 1.44 bits per heavy atom. The van der Waals surface area contributed by atoms with Crippen LogP contribution in [0.2, 0.25) is 0 Å². The molecule has 2 heteroatoms. The molecule has 0 unspecified atom stereocenters. The smallest absolute Gasteiger partial charge is 0.302 e. The highest BCUT2D eigenvalue weighted by atomic mass is 16.5. The highest BCUT2D eigenvalue weighted by Crippen LogP contribution is 1.60. The summed E-state index contributed by atoms with van der Waals surface area (Å²) in [7, 11) is 1.35. The van der Waals surface area contributed by atoms with Gasteiger partial charge in [0.2, 0.25) is 0 Å². The maximum absolute atomic E-state index is 9.59. The first-order valence-electron chi connectivity index (χ1n) is 2.73. The van der Waals surface area contributed by atoms with E-state index in [2.05, 4.69) is 18.6 Å². The number of hydrogen-bond donors (Lipinski definition) is 0. The Bertz CT molecular complexity index is 50.9. The summed E-state index contributed by atoms with van der Waals surface area (Å²) in [6, 6.07) is 0. The lowest BCUT2D eigenvalue weighted by Crippen LogP contribution is -1.88. The zero-order valence-corrected chi connectivity index (χ0v) is 6.02. The quantitative estimate of drug-likeness (QED) is 0.475. The number of methoxy groups -OCH3 is 1. The molecule has 0 saturated carbocycles. The van der Waals surface area contributed by atoms with E-state index >= 15 is 0 Å². The summed E-state index contributed by atoms with van der Waals surface area (Å²) in [5.41, 5.74) is 0. The van der Waals surface area contributed by atoms with Crippen LogP contribution in [0.25, 0.3) is 0 Å². The summed E-state index contributed by atoms with van der Waals surface area (Å²) in [4.78, 5) is 9.59. The van der Waals surface area contributed by atoms with Crippen molar-refractivity contribution >= 4 is 5.97 Å². The monoisotopic (exact) mass is 134 g/mol. The normalized spacial score (nSPS) is 5.78. The first-order chi connectivity index (χ1) is 3.68. The van der Waals surface area contributed by atoms with E-state index < -0.39 is 0 Å². The molecule has 58 valence electrons. The molecule has 0 radical (unpaired) electrons. The molecule has 0 aliphatic carbocycles. The minimum absolute atomic E-state index is 0. The zero-order valence-electron chi connectivity index (χ0n) is 6.02. The molecule has 0 amide bonds. The van der Waals surface area contributed by atoms with Crippen LogP contribution in [0, 0.1) is 0 Å². The van der Waals surface area contributed by atoms with Crippen molar-refractivity contribution in [3.05, 3.63) is 0 Å². The van der Waals surface area contributed by atoms with Gasteiger partial charge in [0, 0.05) is 6.92 Å². The van der Waals surface area contributed by atoms with Crippen LogP contribution in [0.5, 0.6) is 0 Å². The van der Waals surface area contributed by atoms with Crippen LogP contribution < -0.4 is 0 Å². The number of ether oxygens (including phenoxy) is 1. The van der Waals surface area contributed by atoms with Crippen molar-refractivity contribution < 1.29 is 9.53 Å². The molecule has 9 heavy (non-hydrogen) atoms. The minimum atomic E-state index is -0.245. The Kier molecular flexibility index (Phi) is 27.5. The first kappa shape index (κ1) is 15.8. The molecular formula is C7H18O2. The van der Waals surface area contributed by atoms with E-state index in [0.29, 0.717) is 0 Å². The Morgan fingerprint density at radius 3 is 1.56 bits per heavy atom. The summed E-state index contributed by atoms with van der Waals surface area (Å²) in [5.74, 6) is -0.245. The summed E-state index contributed by atoms with van der Waals surface area (Å²) >= 11 is 0. The van der Waals surface area contributed by atoms with Gasteiger partial charge in [-0.3, -0.25) is 4.79 Å². The van der Waals surface area contributed by atoms with Crippen molar-refractivity contribution in [1.29, 1.82) is 0 Å². The van der Waals surface area contributed by atoms with Crippen molar-refractivity contribution in [3.63, 3.8) is 0 Å². The van der Waals surface area contributed by atoms with Gasteiger partial charge < -0.3 is 4.74 Å². The van der Waals surface area contributed by atoms with Crippen LogP contribution in [-0.2, 0) is 9.53 Å². The van der Waals surface area contributed by atoms with Crippen molar-refractivity contribution in [3.8, 4) is 0 Å². The van der Waals surface area contributed by atoms with Gasteiger partial charge in [0.25, 0.3) is 0 Å². The van der Waals surface area contributed by atoms with Gasteiger partial charge >= 0.3 is 5.97 Å². The van der Waals surface area contributed by atoms with E-state index in [-0.39, 0.29) is 13.4 Å². The predicted octanol–water partition coefficient (Wildman–Crippen LogP) is 2.23. The van der Waals surface area contributed by atoms with Gasteiger partial charge in [0.1, 0.15) is 0 Å². The van der Waals surface area contributed by atoms with Gasteiger partial charge in [0.05, 0.1) is 7.11 Å². The van der Waals surface area contributed by atoms with Crippen LogP contribution in [-0.4, -0.2) is 13.1 Å². The molecule has 0 aromatic rings. The fraction of sp³-hybridized carbons (Fsp3) is 0.857. The Balaban J connectivity index is -0.0000000800. The van der Waals surface area contributed by atoms with Crippen LogP contribution >= 0.6 is 0 Å². The molecule has 0 spiro atoms. The molecule has 0 N–H and O–H groups in total. The van der Waals surface area contributed by atoms with Crippen molar-refractivity contribution in [2.24, 2.45) is 0 Å². The SMILES string of the molecule is C.CCC.COC(C)=O. The molecule has 0 rings (SSSR count). The molecule has 0 aliphatic rings. The highest BCUT2D eigenvalue weighted by Gasteiger charge is 1.75. The van der Waals surface area contributed by atoms with Gasteiger partial charge in [-0.2, -0.15) is 0 Å². The van der Waals surface area contributed by atoms with E-state index in [1.807, 2.05) is 0 Å². The summed E-state index contributed by atoms with van der Waals surface area (Å²) in [6.45, 7) is 5.61. The Hall–Kier alpha value is -0.530. The predicted molar refractivity (Wildman–Crippen MR) is 40.4 cm³/mol. The van der Waals surface area contributed by atoms with Crippen LogP contribution in [0.3, 0.4) is 0 Å². The molecule has 0 atom stereocenters. The maximum atomic E-state index is 9.59. The molecule has 0 saturated heterocycles. The molecule has 0 aromatic heterocycles. The third-order valence-corrected chi connectivity index (χ3v) is 0.287. The third kappa shape index (κ3) is 103. The lowest BCUT2D eigenvalue weighted by Gasteiger charge is -1.80. The molecule has 2 nitrogen and oxygen atoms in total. The minimum Gasteiger partial charge on any atom is -0.469 e. The van der Waals surface area contributed by atoms with Crippen LogP contribution in [0.1, 0.15) is 34.6 Å². The van der Waals surface area contributed by atoms with E-state index in [4.69, 9.17) is 0 Å². The fourth-order valence-electron chi connectivity index (χ4n) is 0. The largest absolute Gasteiger partial charge is 0.469 e. The highest BCUT2D eigenvalue weighted by molar-refractivity contribution is 5.65. The molecule has 0 aromatic carbocycles. The van der Waals surface area contributed by atoms with Crippen molar-refractivity contribution in [2.45, 2.75) is 34.6 Å². The van der Waals surface area contributed by atoms with Crippen LogP contribution in [0.4, 0.5) is 0 Å². The molecule has 0 fully saturated rings. The second-order valence-electron chi connectivity index (χ2n) is 1.40. The summed E-state index contributed by atoms with van der Waals surface area (Å²) in [5, 5.41) is 0. The number of rotatable bonds is 0. The van der Waals surface area contributed by atoms with Crippen LogP contribution in [0.15, 0.2) is 0 Å². The second kappa shape index (κ2) is 15.6. The number of esters is 1. The van der Waals surface area contributed by atoms with Gasteiger partial charge in [-0.25, -0.2) is 0 Å². The average Bonchev–Trinajstić information content (AvgIpc) is 1.69. The van der Waals surface area contributed by atoms with E-state index in [0.717, 1.165) is 0 Å². The van der Waals surface area contributed by atoms with E-state index in [9.17, 15) is 4.79 Å². The third-order valence-electron chi connectivity index (χ3n) is 0.287. The van der Waals surface area contributed by atoms with Gasteiger partial charge in [-0.1, -0.05) is 27.7 Å². The molecule has 0 heterocycles. The second-order valence-corrected chi connectivity index (χ2v) is 1.40. The van der Waals surface area contributed by atoms with Gasteiger partial charge in [0.15, 0.2) is 0 Å². The standard InChI is InChI=1S/C3H6O2.C3H8.CH4/c1-3(4)5-2;1-3-2;/h1-2H3;3H2,1-2H3;1H4. The van der Waals surface area contributed by atoms with Crippen molar-refractivity contribution in [2.75, 3.05) is 7.11 Å². The molecule has 0 bridgehead atoms. The van der Waals surface area contributed by atoms with Gasteiger partial charge in [-0.05, 0) is 0 Å². The summed E-state index contributed by atoms with van der Waals surface area (Å²) in [6.07, 6.45) is 1.25. The molecule has 0 aliphatic heterocycles. The Morgan fingerprint density at radius 2 is 1.56 bits per heavy atom. The zero-order chi connectivity index (χ0) is 6.99. The van der Waals surface area contributed by atoms with Crippen molar-refractivity contribution in [1.82, 2.24) is 0 Å². The first-order valence-corrected chi connectivity index (χ1v) is 2.73. The topological polar surface area (TPSA) is 26.3 Å². The Labute approximate surface area is 58.2 Å². The lowest BCUT2D eigenvalue weighted by atomic mass is 10.6. The van der Waals surface area contributed by atoms with E-state index in [1.54, 1.807) is 0 Å². The molecular weight excluding hydrogens is 116 g/mol. The van der Waals surface area contributed by atoms with E-state index in [1.165, 1.54) is 20.5 Å². The number of carbonyl (C=O) groups is 1. The van der Waals surface area contributed by atoms with Gasteiger partial charge in [-0.15, -0.1) is 0 Å². The average molecular weight is 134 g/mol.